The standard InChI is InChI=1S/C29H24O11/c1-18(2)26(31)37-16-35-22-8-4-20(5-9-22)28(33)39-24-12-14-25(15-13-24)40-29(34)21-6-10-23(11-7-21)36-17-38-27(32)19(3)30/h4-15H,1,16-17H2,2-3H3. The number of carbonyl (C=O) groups excluding carboxylic acids is 5. The fraction of sp³-hybridized carbons (Fsp3) is 0.138. The van der Waals surface area contributed by atoms with Gasteiger partial charge in [0.2, 0.25) is 19.4 Å². The van der Waals surface area contributed by atoms with Crippen molar-refractivity contribution >= 4 is 29.7 Å². The van der Waals surface area contributed by atoms with E-state index in [1.54, 1.807) is 0 Å². The van der Waals surface area contributed by atoms with E-state index >= 15 is 0 Å². The third-order valence-electron chi connectivity index (χ3n) is 4.89. The first kappa shape index (κ1) is 29.1. The summed E-state index contributed by atoms with van der Waals surface area (Å²) in [5.41, 5.74) is 0.733. The highest BCUT2D eigenvalue weighted by molar-refractivity contribution is 6.32. The molecule has 0 heterocycles. The molecule has 0 amide bonds. The Hall–Kier alpha value is -5.45. The molecule has 0 saturated carbocycles. The van der Waals surface area contributed by atoms with Crippen LogP contribution in [0.5, 0.6) is 23.0 Å². The summed E-state index contributed by atoms with van der Waals surface area (Å²) < 4.78 is 30.6. The van der Waals surface area contributed by atoms with Gasteiger partial charge in [-0.25, -0.2) is 19.2 Å². The molecule has 0 N–H and O–H groups in total. The van der Waals surface area contributed by atoms with Crippen molar-refractivity contribution in [2.75, 3.05) is 13.6 Å². The molecule has 206 valence electrons. The van der Waals surface area contributed by atoms with E-state index in [0.717, 1.165) is 6.92 Å². The summed E-state index contributed by atoms with van der Waals surface area (Å²) in [7, 11) is 0. The van der Waals surface area contributed by atoms with Crippen LogP contribution in [0.1, 0.15) is 34.6 Å². The van der Waals surface area contributed by atoms with Crippen molar-refractivity contribution in [3.63, 3.8) is 0 Å². The molecule has 0 aliphatic carbocycles. The lowest BCUT2D eigenvalue weighted by molar-refractivity contribution is -0.157. The molecule has 3 rings (SSSR count). The predicted molar refractivity (Wildman–Crippen MR) is 138 cm³/mol. The van der Waals surface area contributed by atoms with Crippen molar-refractivity contribution < 1.29 is 52.4 Å². The second-order valence-corrected chi connectivity index (χ2v) is 8.02. The van der Waals surface area contributed by atoms with E-state index < -0.39 is 36.5 Å². The molecule has 0 radical (unpaired) electrons. The highest BCUT2D eigenvalue weighted by Gasteiger charge is 2.13. The third kappa shape index (κ3) is 8.84. The van der Waals surface area contributed by atoms with Gasteiger partial charge in [-0.1, -0.05) is 6.58 Å². The number of ether oxygens (including phenoxy) is 6. The molecule has 0 fully saturated rings. The molecule has 0 saturated heterocycles. The van der Waals surface area contributed by atoms with Gasteiger partial charge in [-0.15, -0.1) is 0 Å². The number of benzene rings is 3. The number of hydrogen-bond donors (Lipinski definition) is 0. The molecule has 0 atom stereocenters. The van der Waals surface area contributed by atoms with E-state index in [4.69, 9.17) is 23.7 Å². The summed E-state index contributed by atoms with van der Waals surface area (Å²) >= 11 is 0. The number of hydrogen-bond acceptors (Lipinski definition) is 11. The Bertz CT molecular complexity index is 1280. The van der Waals surface area contributed by atoms with Crippen molar-refractivity contribution in [3.05, 3.63) is 96.1 Å². The maximum absolute atomic E-state index is 12.4. The smallest absolute Gasteiger partial charge is 0.377 e. The highest BCUT2D eigenvalue weighted by atomic mass is 16.7. The van der Waals surface area contributed by atoms with Crippen LogP contribution in [0.4, 0.5) is 0 Å². The Balaban J connectivity index is 1.46. The zero-order valence-electron chi connectivity index (χ0n) is 21.5. The SMILES string of the molecule is C=C(C)C(=O)OCOc1ccc(C(=O)Oc2ccc(OC(=O)c3ccc(OCOC(=O)C(C)=O)cc3)cc2)cc1. The Kier molecular flexibility index (Phi) is 10.1. The maximum Gasteiger partial charge on any atom is 0.377 e. The van der Waals surface area contributed by atoms with Gasteiger partial charge in [0.25, 0.3) is 0 Å². The molecular formula is C29H24O11. The first-order chi connectivity index (χ1) is 19.1. The van der Waals surface area contributed by atoms with E-state index in [0.29, 0.717) is 11.5 Å². The number of carbonyl (C=O) groups is 5. The van der Waals surface area contributed by atoms with Gasteiger partial charge < -0.3 is 28.4 Å². The first-order valence-corrected chi connectivity index (χ1v) is 11.6. The second-order valence-electron chi connectivity index (χ2n) is 8.02. The topological polar surface area (TPSA) is 141 Å². The van der Waals surface area contributed by atoms with Crippen molar-refractivity contribution in [2.24, 2.45) is 0 Å². The average Bonchev–Trinajstić information content (AvgIpc) is 2.94. The molecule has 40 heavy (non-hydrogen) atoms. The van der Waals surface area contributed by atoms with E-state index in [2.05, 4.69) is 11.3 Å². The van der Waals surface area contributed by atoms with Gasteiger partial charge in [0.15, 0.2) is 0 Å². The molecule has 11 nitrogen and oxygen atoms in total. The molecule has 0 spiro atoms. The van der Waals surface area contributed by atoms with E-state index in [-0.39, 0.29) is 35.0 Å². The van der Waals surface area contributed by atoms with Crippen LogP contribution in [-0.2, 0) is 23.9 Å². The molecule has 0 aliphatic heterocycles. The Morgan fingerprint density at radius 2 is 0.900 bits per heavy atom. The third-order valence-corrected chi connectivity index (χ3v) is 4.89. The molecule has 0 aliphatic rings. The van der Waals surface area contributed by atoms with Crippen molar-refractivity contribution in [3.8, 4) is 23.0 Å². The maximum atomic E-state index is 12.4. The van der Waals surface area contributed by atoms with Crippen LogP contribution in [0.25, 0.3) is 0 Å². The van der Waals surface area contributed by atoms with Gasteiger partial charge in [-0.3, -0.25) is 4.79 Å². The van der Waals surface area contributed by atoms with E-state index in [9.17, 15) is 24.0 Å². The van der Waals surface area contributed by atoms with Gasteiger partial charge in [-0.2, -0.15) is 0 Å². The van der Waals surface area contributed by atoms with Gasteiger partial charge in [0.1, 0.15) is 23.0 Å². The van der Waals surface area contributed by atoms with Crippen LogP contribution >= 0.6 is 0 Å². The number of ketones is 1. The number of esters is 4. The summed E-state index contributed by atoms with van der Waals surface area (Å²) in [6.45, 7) is 5.32. The molecular weight excluding hydrogens is 524 g/mol. The largest absolute Gasteiger partial charge is 0.457 e. The van der Waals surface area contributed by atoms with Crippen LogP contribution in [0.3, 0.4) is 0 Å². The number of Topliss-reactive ketones (excluding diaryl/α,β-unsaturated/α-hetero) is 1. The summed E-state index contributed by atoms with van der Waals surface area (Å²) in [6.07, 6.45) is 0. The minimum Gasteiger partial charge on any atom is -0.457 e. The second kappa shape index (κ2) is 13.9. The fourth-order valence-corrected chi connectivity index (χ4v) is 2.81. The van der Waals surface area contributed by atoms with Crippen molar-refractivity contribution in [1.82, 2.24) is 0 Å². The van der Waals surface area contributed by atoms with Crippen LogP contribution in [-0.4, -0.2) is 43.2 Å². The fourth-order valence-electron chi connectivity index (χ4n) is 2.81. The zero-order valence-corrected chi connectivity index (χ0v) is 21.5. The summed E-state index contributed by atoms with van der Waals surface area (Å²) in [5, 5.41) is 0. The lowest BCUT2D eigenvalue weighted by atomic mass is 10.2. The van der Waals surface area contributed by atoms with Crippen LogP contribution in [0.2, 0.25) is 0 Å². The van der Waals surface area contributed by atoms with Crippen LogP contribution in [0, 0.1) is 0 Å². The van der Waals surface area contributed by atoms with Gasteiger partial charge in [0.05, 0.1) is 11.1 Å². The molecule has 0 unspecified atom stereocenters. The Morgan fingerprint density at radius 3 is 1.25 bits per heavy atom. The van der Waals surface area contributed by atoms with Gasteiger partial charge in [-0.05, 0) is 79.7 Å². The van der Waals surface area contributed by atoms with Gasteiger partial charge in [0, 0.05) is 12.5 Å². The Labute approximate surface area is 228 Å². The predicted octanol–water partition coefficient (Wildman–Crippen LogP) is 4.05. The van der Waals surface area contributed by atoms with E-state index in [1.807, 2.05) is 0 Å². The van der Waals surface area contributed by atoms with Crippen molar-refractivity contribution in [2.45, 2.75) is 13.8 Å². The zero-order chi connectivity index (χ0) is 29.1. The van der Waals surface area contributed by atoms with Crippen LogP contribution < -0.4 is 18.9 Å². The summed E-state index contributed by atoms with van der Waals surface area (Å²) in [6, 6.07) is 17.7. The van der Waals surface area contributed by atoms with E-state index in [1.165, 1.54) is 79.7 Å². The molecule has 3 aromatic carbocycles. The summed E-state index contributed by atoms with van der Waals surface area (Å²) in [4.78, 5) is 58.1. The quantitative estimate of drug-likeness (QED) is 0.106. The minimum absolute atomic E-state index is 0.218. The summed E-state index contributed by atoms with van der Waals surface area (Å²) in [5.74, 6) is -2.46. The Morgan fingerprint density at radius 1 is 0.550 bits per heavy atom. The molecule has 3 aromatic rings. The lowest BCUT2D eigenvalue weighted by Gasteiger charge is -2.09. The van der Waals surface area contributed by atoms with Crippen molar-refractivity contribution in [1.29, 1.82) is 0 Å². The first-order valence-electron chi connectivity index (χ1n) is 11.6. The van der Waals surface area contributed by atoms with Gasteiger partial charge >= 0.3 is 23.9 Å². The average molecular weight is 549 g/mol. The lowest BCUT2D eigenvalue weighted by Crippen LogP contribution is -2.17. The molecule has 0 aromatic heterocycles. The monoisotopic (exact) mass is 548 g/mol. The minimum atomic E-state index is -1.01. The molecule has 11 heteroatoms. The number of rotatable bonds is 12. The highest BCUT2D eigenvalue weighted by Crippen LogP contribution is 2.21. The normalized spacial score (nSPS) is 10.1. The van der Waals surface area contributed by atoms with Crippen LogP contribution in [0.15, 0.2) is 84.9 Å². The molecule has 0 bridgehead atoms.